The summed E-state index contributed by atoms with van der Waals surface area (Å²) in [4.78, 5) is 9.21. The van der Waals surface area contributed by atoms with Crippen LogP contribution in [-0.4, -0.2) is 16.4 Å². The molecule has 0 aliphatic carbocycles. The predicted octanol–water partition coefficient (Wildman–Crippen LogP) is -0.101. The number of carbonyl (C=O) groups excluding carboxylic acids is 1. The number of hydrogen-bond acceptors (Lipinski definition) is 2. The Hall–Kier alpha value is 0.110. The van der Waals surface area contributed by atoms with E-state index in [-0.39, 0.29) is 0 Å². The number of aliphatic hydroxyl groups is 1. The van der Waals surface area contributed by atoms with Gasteiger partial charge in [0.05, 0.1) is 0 Å². The second kappa shape index (κ2) is 2.35. The van der Waals surface area contributed by atoms with Gasteiger partial charge in [0.2, 0.25) is 0 Å². The fraction of sp³-hybridized carbons (Fsp3) is 0.500. The molecule has 5 heavy (non-hydrogen) atoms. The molecule has 1 N–H and O–H groups in total. The molecule has 0 amide bonds. The molecule has 0 bridgehead atoms. The summed E-state index contributed by atoms with van der Waals surface area (Å²) in [5.41, 5.74) is 0. The molecule has 0 radical (unpaired) electrons. The van der Waals surface area contributed by atoms with Gasteiger partial charge in [0.25, 0.3) is 0 Å². The third-order valence-corrected chi connectivity index (χ3v) is 0.328. The van der Waals surface area contributed by atoms with Crippen molar-refractivity contribution in [3.8, 4) is 0 Å². The minimum Gasteiger partial charge on any atom is -0.375 e. The lowest BCUT2D eigenvalue weighted by Gasteiger charge is -1.77. The van der Waals surface area contributed by atoms with Gasteiger partial charge in [-0.3, -0.25) is 4.79 Å². The average molecular weight is 139 g/mol. The number of carbonyl (C=O) groups is 1. The molecule has 1 unspecified atom stereocenters. The lowest BCUT2D eigenvalue weighted by atomic mass is 10.9. The number of aldehydes is 1. The molecule has 2 nitrogen and oxygen atoms in total. The van der Waals surface area contributed by atoms with E-state index in [1.165, 1.54) is 0 Å². The van der Waals surface area contributed by atoms with Gasteiger partial charge in [0.15, 0.2) is 11.3 Å². The zero-order chi connectivity index (χ0) is 4.28. The van der Waals surface area contributed by atoms with Gasteiger partial charge < -0.3 is 5.11 Å². The normalized spacial score (nSPS) is 14.0. The smallest absolute Gasteiger partial charge is 0.164 e. The number of hydrogen-bond donors (Lipinski definition) is 1. The molecule has 0 saturated heterocycles. The standard InChI is InChI=1S/C2H3BrO2/c3-2(5)1-4/h1-2,5H. The highest BCUT2D eigenvalue weighted by molar-refractivity contribution is 9.09. The highest BCUT2D eigenvalue weighted by atomic mass is 79.9. The third-order valence-electron chi connectivity index (χ3n) is 0.112. The van der Waals surface area contributed by atoms with Crippen molar-refractivity contribution in [1.29, 1.82) is 0 Å². The van der Waals surface area contributed by atoms with Gasteiger partial charge in [-0.15, -0.1) is 0 Å². The van der Waals surface area contributed by atoms with Gasteiger partial charge in [-0.05, 0) is 15.9 Å². The van der Waals surface area contributed by atoms with E-state index in [0.29, 0.717) is 6.29 Å². The van der Waals surface area contributed by atoms with E-state index in [0.717, 1.165) is 0 Å². The quantitative estimate of drug-likeness (QED) is 0.406. The summed E-state index contributed by atoms with van der Waals surface area (Å²) in [5.74, 6) is 0. The molecule has 0 saturated carbocycles. The molecule has 0 spiro atoms. The SMILES string of the molecule is O=CC(O)Br. The van der Waals surface area contributed by atoms with Crippen molar-refractivity contribution in [2.75, 3.05) is 0 Å². The fourth-order valence-electron chi connectivity index (χ4n) is 0. The Bertz CT molecular complexity index is 34.6. The molecule has 0 aromatic carbocycles. The van der Waals surface area contributed by atoms with Crippen molar-refractivity contribution in [2.24, 2.45) is 0 Å². The first kappa shape index (κ1) is 5.11. The minimum absolute atomic E-state index is 0.389. The lowest BCUT2D eigenvalue weighted by molar-refractivity contribution is -0.111. The summed E-state index contributed by atoms with van der Waals surface area (Å²) in [6.45, 7) is 0. The van der Waals surface area contributed by atoms with Crippen molar-refractivity contribution < 1.29 is 9.90 Å². The molecule has 0 aliphatic rings. The molecule has 0 rings (SSSR count). The van der Waals surface area contributed by atoms with Crippen LogP contribution < -0.4 is 0 Å². The van der Waals surface area contributed by atoms with Crippen molar-refractivity contribution in [3.05, 3.63) is 0 Å². The Kier molecular flexibility index (Phi) is 2.41. The molecular weight excluding hydrogens is 136 g/mol. The molecule has 30 valence electrons. The first-order valence-electron chi connectivity index (χ1n) is 1.05. The monoisotopic (exact) mass is 138 g/mol. The van der Waals surface area contributed by atoms with E-state index in [2.05, 4.69) is 15.9 Å². The maximum atomic E-state index is 9.21. The molecule has 0 aromatic heterocycles. The summed E-state index contributed by atoms with van der Waals surface area (Å²) in [7, 11) is 0. The summed E-state index contributed by atoms with van der Waals surface area (Å²) in [5, 5.41) is 6.93. The molecule has 0 aromatic rings. The van der Waals surface area contributed by atoms with Crippen molar-refractivity contribution in [1.82, 2.24) is 0 Å². The number of alkyl halides is 1. The van der Waals surface area contributed by atoms with Gasteiger partial charge in [-0.25, -0.2) is 0 Å². The third kappa shape index (κ3) is 4.11. The van der Waals surface area contributed by atoms with Crippen LogP contribution in [0.2, 0.25) is 0 Å². The summed E-state index contributed by atoms with van der Waals surface area (Å²) in [6.07, 6.45) is 0.389. The molecule has 0 heterocycles. The van der Waals surface area contributed by atoms with E-state index < -0.39 is 5.01 Å². The van der Waals surface area contributed by atoms with Crippen LogP contribution in [0.5, 0.6) is 0 Å². The molecule has 1 atom stereocenters. The van der Waals surface area contributed by atoms with Gasteiger partial charge in [-0.1, -0.05) is 0 Å². The Morgan fingerprint density at radius 2 is 2.20 bits per heavy atom. The van der Waals surface area contributed by atoms with Crippen LogP contribution in [-0.2, 0) is 4.79 Å². The van der Waals surface area contributed by atoms with Gasteiger partial charge >= 0.3 is 0 Å². The Morgan fingerprint density at radius 3 is 2.20 bits per heavy atom. The van der Waals surface area contributed by atoms with Crippen molar-refractivity contribution >= 4 is 22.2 Å². The maximum absolute atomic E-state index is 9.21. The maximum Gasteiger partial charge on any atom is 0.164 e. The van der Waals surface area contributed by atoms with Gasteiger partial charge in [0.1, 0.15) is 0 Å². The first-order valence-corrected chi connectivity index (χ1v) is 1.96. The number of aliphatic hydroxyl groups excluding tert-OH is 1. The zero-order valence-corrected chi connectivity index (χ0v) is 3.97. The molecule has 0 aliphatic heterocycles. The van der Waals surface area contributed by atoms with E-state index in [9.17, 15) is 4.79 Å². The van der Waals surface area contributed by atoms with Crippen LogP contribution in [0.15, 0.2) is 0 Å². The molecular formula is C2H3BrO2. The topological polar surface area (TPSA) is 37.3 Å². The van der Waals surface area contributed by atoms with Crippen LogP contribution in [0.4, 0.5) is 0 Å². The Morgan fingerprint density at radius 1 is 2.00 bits per heavy atom. The van der Waals surface area contributed by atoms with Crippen molar-refractivity contribution in [3.63, 3.8) is 0 Å². The largest absolute Gasteiger partial charge is 0.375 e. The van der Waals surface area contributed by atoms with Crippen LogP contribution in [0.3, 0.4) is 0 Å². The Balaban J connectivity index is 2.83. The number of rotatable bonds is 1. The fourth-order valence-corrected chi connectivity index (χ4v) is 0. The van der Waals surface area contributed by atoms with Crippen LogP contribution in [0.1, 0.15) is 0 Å². The minimum atomic E-state index is -0.984. The zero-order valence-electron chi connectivity index (χ0n) is 2.39. The summed E-state index contributed by atoms with van der Waals surface area (Å²) < 4.78 is 0. The molecule has 0 fully saturated rings. The summed E-state index contributed by atoms with van der Waals surface area (Å²) in [6, 6.07) is 0. The van der Waals surface area contributed by atoms with Crippen LogP contribution in [0, 0.1) is 0 Å². The van der Waals surface area contributed by atoms with Crippen LogP contribution in [0.25, 0.3) is 0 Å². The van der Waals surface area contributed by atoms with E-state index >= 15 is 0 Å². The highest BCUT2D eigenvalue weighted by Gasteiger charge is 1.84. The second-order valence-electron chi connectivity index (χ2n) is 0.509. The van der Waals surface area contributed by atoms with E-state index in [1.54, 1.807) is 0 Å². The van der Waals surface area contributed by atoms with Gasteiger partial charge in [0, 0.05) is 0 Å². The van der Waals surface area contributed by atoms with Crippen molar-refractivity contribution in [2.45, 2.75) is 5.01 Å². The molecule has 3 heteroatoms. The predicted molar refractivity (Wildman–Crippen MR) is 21.0 cm³/mol. The number of halogens is 1. The van der Waals surface area contributed by atoms with Crippen LogP contribution >= 0.6 is 15.9 Å². The average Bonchev–Trinajstić information content (AvgIpc) is 1.38. The second-order valence-corrected chi connectivity index (χ2v) is 1.45. The summed E-state index contributed by atoms with van der Waals surface area (Å²) >= 11 is 2.56. The highest BCUT2D eigenvalue weighted by Crippen LogP contribution is 1.83. The van der Waals surface area contributed by atoms with E-state index in [4.69, 9.17) is 5.11 Å². The van der Waals surface area contributed by atoms with E-state index in [1.807, 2.05) is 0 Å². The lowest BCUT2D eigenvalue weighted by Crippen LogP contribution is -1.92. The Labute approximate surface area is 37.9 Å². The first-order chi connectivity index (χ1) is 2.27. The van der Waals surface area contributed by atoms with Gasteiger partial charge in [-0.2, -0.15) is 0 Å².